The standard InChI is InChI=1S/C12H20N4O/c1-3-4-12(2,9-17)8-15-5-6-16-10-13-14-11(16)7-15/h9-10H,3-8H2,1-2H3. The van der Waals surface area contributed by atoms with Crippen molar-refractivity contribution in [1.82, 2.24) is 19.7 Å². The van der Waals surface area contributed by atoms with Crippen molar-refractivity contribution in [3.8, 4) is 0 Å². The summed E-state index contributed by atoms with van der Waals surface area (Å²) in [5, 5.41) is 8.00. The molecule has 1 atom stereocenters. The van der Waals surface area contributed by atoms with Crippen molar-refractivity contribution in [1.29, 1.82) is 0 Å². The SMILES string of the molecule is CCCC(C)(C=O)CN1CCn2cnnc2C1. The van der Waals surface area contributed by atoms with Gasteiger partial charge >= 0.3 is 0 Å². The predicted molar refractivity (Wildman–Crippen MR) is 64.4 cm³/mol. The van der Waals surface area contributed by atoms with E-state index in [1.165, 1.54) is 0 Å². The van der Waals surface area contributed by atoms with Gasteiger partial charge in [0.1, 0.15) is 18.4 Å². The number of hydrogen-bond acceptors (Lipinski definition) is 4. The van der Waals surface area contributed by atoms with Gasteiger partial charge in [-0.1, -0.05) is 20.3 Å². The van der Waals surface area contributed by atoms with Gasteiger partial charge < -0.3 is 9.36 Å². The first-order valence-corrected chi connectivity index (χ1v) is 6.22. The molecule has 0 saturated heterocycles. The number of fused-ring (bicyclic) bond motifs is 1. The third-order valence-electron chi connectivity index (χ3n) is 3.41. The summed E-state index contributed by atoms with van der Waals surface area (Å²) >= 11 is 0. The second-order valence-electron chi connectivity index (χ2n) is 5.17. The van der Waals surface area contributed by atoms with E-state index in [9.17, 15) is 4.79 Å². The van der Waals surface area contributed by atoms with Gasteiger partial charge in [0.15, 0.2) is 0 Å². The van der Waals surface area contributed by atoms with Crippen LogP contribution in [0.2, 0.25) is 0 Å². The molecule has 1 aromatic rings. The maximum Gasteiger partial charge on any atom is 0.147 e. The summed E-state index contributed by atoms with van der Waals surface area (Å²) in [5.41, 5.74) is -0.225. The zero-order valence-electron chi connectivity index (χ0n) is 10.6. The molecular formula is C12H20N4O. The van der Waals surface area contributed by atoms with E-state index in [1.807, 2.05) is 6.92 Å². The molecule has 0 fully saturated rings. The Kier molecular flexibility index (Phi) is 3.57. The zero-order valence-corrected chi connectivity index (χ0v) is 10.6. The molecule has 0 bridgehead atoms. The highest BCUT2D eigenvalue weighted by Gasteiger charge is 2.28. The molecule has 0 N–H and O–H groups in total. The predicted octanol–water partition coefficient (Wildman–Crippen LogP) is 1.10. The summed E-state index contributed by atoms with van der Waals surface area (Å²) in [5.74, 6) is 1.00. The molecule has 2 heterocycles. The van der Waals surface area contributed by atoms with Crippen molar-refractivity contribution in [2.24, 2.45) is 5.41 Å². The van der Waals surface area contributed by atoms with E-state index < -0.39 is 0 Å². The summed E-state index contributed by atoms with van der Waals surface area (Å²) in [6, 6.07) is 0. The monoisotopic (exact) mass is 236 g/mol. The van der Waals surface area contributed by atoms with Crippen molar-refractivity contribution < 1.29 is 4.79 Å². The summed E-state index contributed by atoms with van der Waals surface area (Å²) in [6.45, 7) is 7.67. The Labute approximate surface area is 102 Å². The lowest BCUT2D eigenvalue weighted by molar-refractivity contribution is -0.117. The van der Waals surface area contributed by atoms with Crippen LogP contribution in [0.15, 0.2) is 6.33 Å². The van der Waals surface area contributed by atoms with Crippen LogP contribution in [0.4, 0.5) is 0 Å². The highest BCUT2D eigenvalue weighted by atomic mass is 16.1. The number of carbonyl (C=O) groups excluding carboxylic acids is 1. The lowest BCUT2D eigenvalue weighted by atomic mass is 9.86. The van der Waals surface area contributed by atoms with E-state index in [2.05, 4.69) is 26.6 Å². The van der Waals surface area contributed by atoms with Crippen LogP contribution in [0.1, 0.15) is 32.5 Å². The number of aromatic nitrogens is 3. The third-order valence-corrected chi connectivity index (χ3v) is 3.41. The number of hydrogen-bond donors (Lipinski definition) is 0. The Balaban J connectivity index is 1.99. The Bertz CT molecular complexity index is 390. The average Bonchev–Trinajstić information content (AvgIpc) is 2.76. The topological polar surface area (TPSA) is 51.0 Å². The summed E-state index contributed by atoms with van der Waals surface area (Å²) < 4.78 is 2.08. The number of nitrogens with zero attached hydrogens (tertiary/aromatic N) is 4. The Hall–Kier alpha value is -1.23. The molecule has 94 valence electrons. The fraction of sp³-hybridized carbons (Fsp3) is 0.750. The minimum atomic E-state index is -0.225. The quantitative estimate of drug-likeness (QED) is 0.718. The molecule has 17 heavy (non-hydrogen) atoms. The van der Waals surface area contributed by atoms with E-state index >= 15 is 0 Å². The summed E-state index contributed by atoms with van der Waals surface area (Å²) in [4.78, 5) is 13.5. The van der Waals surface area contributed by atoms with Gasteiger partial charge in [-0.15, -0.1) is 10.2 Å². The Morgan fingerprint density at radius 2 is 2.35 bits per heavy atom. The number of aldehydes is 1. The fourth-order valence-corrected chi connectivity index (χ4v) is 2.51. The first-order valence-electron chi connectivity index (χ1n) is 6.22. The molecule has 1 unspecified atom stereocenters. The van der Waals surface area contributed by atoms with Crippen LogP contribution in [0.25, 0.3) is 0 Å². The van der Waals surface area contributed by atoms with Gasteiger partial charge in [-0.2, -0.15) is 0 Å². The maximum absolute atomic E-state index is 11.2. The van der Waals surface area contributed by atoms with Gasteiger partial charge in [0.25, 0.3) is 0 Å². The Morgan fingerprint density at radius 3 is 3.06 bits per heavy atom. The highest BCUT2D eigenvalue weighted by Crippen LogP contribution is 2.23. The maximum atomic E-state index is 11.2. The number of carbonyl (C=O) groups is 1. The largest absolute Gasteiger partial charge is 0.315 e. The molecule has 0 spiro atoms. The van der Waals surface area contributed by atoms with Gasteiger partial charge in [0.2, 0.25) is 0 Å². The lowest BCUT2D eigenvalue weighted by Crippen LogP contribution is -2.41. The molecule has 5 heteroatoms. The van der Waals surface area contributed by atoms with Crippen LogP contribution >= 0.6 is 0 Å². The van der Waals surface area contributed by atoms with Crippen molar-refractivity contribution in [3.05, 3.63) is 12.2 Å². The van der Waals surface area contributed by atoms with Gasteiger partial charge in [-0.05, 0) is 6.42 Å². The van der Waals surface area contributed by atoms with Crippen LogP contribution in [0.3, 0.4) is 0 Å². The van der Waals surface area contributed by atoms with Crippen LogP contribution in [-0.4, -0.2) is 39.0 Å². The van der Waals surface area contributed by atoms with Crippen LogP contribution in [0.5, 0.6) is 0 Å². The van der Waals surface area contributed by atoms with Crippen LogP contribution in [0, 0.1) is 5.41 Å². The van der Waals surface area contributed by atoms with Gasteiger partial charge in [0, 0.05) is 25.0 Å². The molecule has 0 aromatic carbocycles. The first kappa shape index (κ1) is 12.2. The lowest BCUT2D eigenvalue weighted by Gasteiger charge is -2.33. The minimum absolute atomic E-state index is 0.225. The Morgan fingerprint density at radius 1 is 1.53 bits per heavy atom. The normalized spacial score (nSPS) is 19.6. The molecule has 5 nitrogen and oxygen atoms in total. The fourth-order valence-electron chi connectivity index (χ4n) is 2.51. The van der Waals surface area contributed by atoms with Crippen molar-refractivity contribution in [2.75, 3.05) is 13.1 Å². The van der Waals surface area contributed by atoms with E-state index in [-0.39, 0.29) is 5.41 Å². The summed E-state index contributed by atoms with van der Waals surface area (Å²) in [6.07, 6.45) is 4.87. The van der Waals surface area contributed by atoms with E-state index in [1.54, 1.807) is 6.33 Å². The smallest absolute Gasteiger partial charge is 0.147 e. The number of rotatable bonds is 5. The van der Waals surface area contributed by atoms with Crippen LogP contribution < -0.4 is 0 Å². The molecule has 2 rings (SSSR count). The zero-order chi connectivity index (χ0) is 12.3. The average molecular weight is 236 g/mol. The van der Waals surface area contributed by atoms with Crippen molar-refractivity contribution in [2.45, 2.75) is 39.8 Å². The molecular weight excluding hydrogens is 216 g/mol. The van der Waals surface area contributed by atoms with Crippen LogP contribution in [-0.2, 0) is 17.9 Å². The molecule has 0 aliphatic carbocycles. The van der Waals surface area contributed by atoms with Crippen molar-refractivity contribution >= 4 is 6.29 Å². The first-order chi connectivity index (χ1) is 8.17. The second-order valence-corrected chi connectivity index (χ2v) is 5.17. The third kappa shape index (κ3) is 2.72. The summed E-state index contributed by atoms with van der Waals surface area (Å²) in [7, 11) is 0. The highest BCUT2D eigenvalue weighted by molar-refractivity contribution is 5.59. The molecule has 1 aromatic heterocycles. The molecule has 1 aliphatic heterocycles. The second kappa shape index (κ2) is 4.96. The van der Waals surface area contributed by atoms with E-state index in [4.69, 9.17) is 0 Å². The molecule has 0 saturated carbocycles. The minimum Gasteiger partial charge on any atom is -0.315 e. The molecule has 0 radical (unpaired) electrons. The van der Waals surface area contributed by atoms with E-state index in [0.29, 0.717) is 0 Å². The molecule has 1 aliphatic rings. The van der Waals surface area contributed by atoms with Gasteiger partial charge in [0.05, 0.1) is 6.54 Å². The van der Waals surface area contributed by atoms with Gasteiger partial charge in [-0.3, -0.25) is 4.90 Å². The van der Waals surface area contributed by atoms with E-state index in [0.717, 1.165) is 51.1 Å². The van der Waals surface area contributed by atoms with Crippen molar-refractivity contribution in [3.63, 3.8) is 0 Å². The van der Waals surface area contributed by atoms with Gasteiger partial charge in [-0.25, -0.2) is 0 Å². The molecule has 0 amide bonds.